The Kier molecular flexibility index (Phi) is 7.68. The van der Waals surface area contributed by atoms with Crippen LogP contribution in [-0.2, 0) is 4.79 Å². The van der Waals surface area contributed by atoms with E-state index in [1.807, 2.05) is 13.8 Å². The summed E-state index contributed by atoms with van der Waals surface area (Å²) >= 11 is 3.50. The Morgan fingerprint density at radius 2 is 1.85 bits per heavy atom. The summed E-state index contributed by atoms with van der Waals surface area (Å²) in [7, 11) is 0. The molecule has 1 amide bonds. The molecule has 7 heteroatoms. The van der Waals surface area contributed by atoms with Crippen LogP contribution in [0.2, 0.25) is 0 Å². The predicted molar refractivity (Wildman–Crippen MR) is 115 cm³/mol. The fourth-order valence-electron chi connectivity index (χ4n) is 3.05. The van der Waals surface area contributed by atoms with E-state index in [-0.39, 0.29) is 5.91 Å². The summed E-state index contributed by atoms with van der Waals surface area (Å²) in [5.74, 6) is 0.540. The van der Waals surface area contributed by atoms with Crippen molar-refractivity contribution in [3.63, 3.8) is 0 Å². The van der Waals surface area contributed by atoms with Crippen molar-refractivity contribution in [2.24, 2.45) is 16.1 Å². The number of carbonyl (C=O) groups is 1. The van der Waals surface area contributed by atoms with Gasteiger partial charge >= 0.3 is 0 Å². The molecule has 1 fully saturated rings. The second-order valence-electron chi connectivity index (χ2n) is 7.67. The van der Waals surface area contributed by atoms with Crippen LogP contribution >= 0.6 is 15.9 Å². The van der Waals surface area contributed by atoms with E-state index >= 15 is 0 Å². The van der Waals surface area contributed by atoms with E-state index in [0.717, 1.165) is 43.2 Å². The minimum Gasteiger partial charge on any atom is -0.369 e. The van der Waals surface area contributed by atoms with Gasteiger partial charge in [-0.05, 0) is 45.4 Å². The van der Waals surface area contributed by atoms with E-state index in [9.17, 15) is 4.79 Å². The number of benzene rings is 1. The van der Waals surface area contributed by atoms with Crippen molar-refractivity contribution in [3.05, 3.63) is 34.3 Å². The highest BCUT2D eigenvalue weighted by Crippen LogP contribution is 2.23. The van der Waals surface area contributed by atoms with Gasteiger partial charge in [0.1, 0.15) is 0 Å². The molecular weight excluding hydrogens is 406 g/mol. The van der Waals surface area contributed by atoms with Crippen molar-refractivity contribution in [1.29, 1.82) is 0 Å². The molecule has 1 aromatic carbocycles. The number of halogens is 1. The van der Waals surface area contributed by atoms with Gasteiger partial charge in [0, 0.05) is 43.2 Å². The quantitative estimate of drug-likeness (QED) is 0.529. The number of nitrogens with zero attached hydrogens (tertiary/aromatic N) is 3. The fourth-order valence-corrected chi connectivity index (χ4v) is 3.31. The number of rotatable bonds is 6. The maximum absolute atomic E-state index is 11.6. The number of primary amides is 1. The molecule has 1 saturated heterocycles. The molecule has 1 atom stereocenters. The first-order chi connectivity index (χ1) is 12.7. The Balaban J connectivity index is 1.98. The van der Waals surface area contributed by atoms with Crippen LogP contribution in [0.3, 0.4) is 0 Å². The highest BCUT2D eigenvalue weighted by Gasteiger charge is 2.27. The van der Waals surface area contributed by atoms with E-state index < -0.39 is 5.41 Å². The topological polar surface area (TPSA) is 74.0 Å². The highest BCUT2D eigenvalue weighted by atomic mass is 79.9. The first kappa shape index (κ1) is 21.7. The number of aliphatic imine (C=N–C) groups is 1. The molecule has 6 nitrogen and oxygen atoms in total. The average Bonchev–Trinajstić information content (AvgIpc) is 2.65. The van der Waals surface area contributed by atoms with E-state index in [2.05, 4.69) is 74.2 Å². The summed E-state index contributed by atoms with van der Waals surface area (Å²) in [6.45, 7) is 12.9. The molecule has 27 heavy (non-hydrogen) atoms. The van der Waals surface area contributed by atoms with Gasteiger partial charge in [-0.1, -0.05) is 28.1 Å². The van der Waals surface area contributed by atoms with Crippen LogP contribution in [-0.4, -0.2) is 60.9 Å². The van der Waals surface area contributed by atoms with Crippen LogP contribution in [0.15, 0.2) is 33.7 Å². The molecule has 0 spiro atoms. The van der Waals surface area contributed by atoms with Crippen LogP contribution in [0.4, 0.5) is 0 Å². The summed E-state index contributed by atoms with van der Waals surface area (Å²) in [4.78, 5) is 21.0. The van der Waals surface area contributed by atoms with Crippen LogP contribution in [0.5, 0.6) is 0 Å². The molecule has 2 rings (SSSR count). The first-order valence-electron chi connectivity index (χ1n) is 9.57. The van der Waals surface area contributed by atoms with Gasteiger partial charge < -0.3 is 16.0 Å². The Morgan fingerprint density at radius 3 is 2.37 bits per heavy atom. The number of carbonyl (C=O) groups excluding carboxylic acids is 1. The molecule has 0 bridgehead atoms. The molecule has 0 radical (unpaired) electrons. The first-order valence-corrected chi connectivity index (χ1v) is 10.4. The average molecular weight is 438 g/mol. The van der Waals surface area contributed by atoms with Crippen molar-refractivity contribution < 1.29 is 4.79 Å². The highest BCUT2D eigenvalue weighted by molar-refractivity contribution is 9.10. The molecule has 1 aliphatic rings. The molecule has 1 aromatic rings. The molecule has 1 aliphatic heterocycles. The van der Waals surface area contributed by atoms with Gasteiger partial charge in [-0.25, -0.2) is 0 Å². The molecule has 150 valence electrons. The van der Waals surface area contributed by atoms with Gasteiger partial charge in [-0.15, -0.1) is 0 Å². The number of hydrogen-bond acceptors (Lipinski definition) is 3. The minimum absolute atomic E-state index is 0.324. The Bertz CT molecular complexity index is 651. The molecule has 0 aliphatic carbocycles. The van der Waals surface area contributed by atoms with E-state index in [0.29, 0.717) is 12.6 Å². The van der Waals surface area contributed by atoms with Crippen LogP contribution < -0.4 is 11.1 Å². The molecular formula is C20H32BrN5O. The van der Waals surface area contributed by atoms with Gasteiger partial charge in [0.25, 0.3) is 0 Å². The van der Waals surface area contributed by atoms with E-state index in [1.165, 1.54) is 5.56 Å². The SMILES string of the molecule is CCNC(=NCC(C)(C)C(N)=O)N1CCN(C(C)c2ccc(Br)cc2)CC1. The second kappa shape index (κ2) is 9.55. The third kappa shape index (κ3) is 5.94. The van der Waals surface area contributed by atoms with Gasteiger partial charge in [0.15, 0.2) is 5.96 Å². The normalized spacial score (nSPS) is 17.7. The standard InChI is InChI=1S/C20H32BrN5O/c1-5-23-19(24-14-20(3,4)18(22)27)26-12-10-25(11-13-26)15(2)16-6-8-17(21)9-7-16/h6-9,15H,5,10-14H2,1-4H3,(H2,22,27)(H,23,24). The lowest BCUT2D eigenvalue weighted by atomic mass is 9.93. The summed E-state index contributed by atoms with van der Waals surface area (Å²) in [6.07, 6.45) is 0. The van der Waals surface area contributed by atoms with Crippen LogP contribution in [0, 0.1) is 5.41 Å². The number of amides is 1. The zero-order valence-electron chi connectivity index (χ0n) is 16.8. The van der Waals surface area contributed by atoms with Crippen molar-refractivity contribution in [2.75, 3.05) is 39.3 Å². The van der Waals surface area contributed by atoms with Gasteiger partial charge in [0.05, 0.1) is 12.0 Å². The van der Waals surface area contributed by atoms with E-state index in [1.54, 1.807) is 0 Å². The van der Waals surface area contributed by atoms with Gasteiger partial charge in [0.2, 0.25) is 5.91 Å². The second-order valence-corrected chi connectivity index (χ2v) is 8.58. The Labute approximate surface area is 171 Å². The Hall–Kier alpha value is -1.60. The predicted octanol–water partition coefficient (Wildman–Crippen LogP) is 2.60. The third-order valence-electron chi connectivity index (χ3n) is 5.14. The summed E-state index contributed by atoms with van der Waals surface area (Å²) < 4.78 is 1.11. The zero-order chi connectivity index (χ0) is 20.0. The smallest absolute Gasteiger partial charge is 0.224 e. The molecule has 1 unspecified atom stereocenters. The van der Waals surface area contributed by atoms with Gasteiger partial charge in [-0.3, -0.25) is 14.7 Å². The molecule has 0 aromatic heterocycles. The lowest BCUT2D eigenvalue weighted by Crippen LogP contribution is -2.53. The van der Waals surface area contributed by atoms with Crippen molar-refractivity contribution in [3.8, 4) is 0 Å². The molecule has 1 heterocycles. The number of hydrogen-bond donors (Lipinski definition) is 2. The summed E-state index contributed by atoms with van der Waals surface area (Å²) in [5.41, 5.74) is 6.16. The van der Waals surface area contributed by atoms with Crippen LogP contribution in [0.1, 0.15) is 39.3 Å². The Morgan fingerprint density at radius 1 is 1.26 bits per heavy atom. The lowest BCUT2D eigenvalue weighted by molar-refractivity contribution is -0.125. The maximum Gasteiger partial charge on any atom is 0.224 e. The van der Waals surface area contributed by atoms with Gasteiger partial charge in [-0.2, -0.15) is 0 Å². The number of nitrogens with two attached hydrogens (primary N) is 1. The monoisotopic (exact) mass is 437 g/mol. The summed E-state index contributed by atoms with van der Waals surface area (Å²) in [5, 5.41) is 3.35. The number of guanidine groups is 1. The van der Waals surface area contributed by atoms with Crippen molar-refractivity contribution in [2.45, 2.75) is 33.7 Å². The summed E-state index contributed by atoms with van der Waals surface area (Å²) in [6, 6.07) is 8.93. The minimum atomic E-state index is -0.640. The van der Waals surface area contributed by atoms with E-state index in [4.69, 9.17) is 5.73 Å². The number of piperazine rings is 1. The maximum atomic E-state index is 11.6. The molecule has 0 saturated carbocycles. The third-order valence-corrected chi connectivity index (χ3v) is 5.67. The van der Waals surface area contributed by atoms with Crippen LogP contribution in [0.25, 0.3) is 0 Å². The zero-order valence-corrected chi connectivity index (χ0v) is 18.4. The fraction of sp³-hybridized carbons (Fsp3) is 0.600. The van der Waals surface area contributed by atoms with Crippen molar-refractivity contribution >= 4 is 27.8 Å². The van der Waals surface area contributed by atoms with Crippen molar-refractivity contribution in [1.82, 2.24) is 15.1 Å². The lowest BCUT2D eigenvalue weighted by Gasteiger charge is -2.39. The number of nitrogens with one attached hydrogen (secondary N) is 1. The molecule has 3 N–H and O–H groups in total. The largest absolute Gasteiger partial charge is 0.369 e.